The van der Waals surface area contributed by atoms with E-state index in [0.717, 1.165) is 20.1 Å². The maximum absolute atomic E-state index is 12.2. The number of fused-ring (bicyclic) bond motifs is 1. The third-order valence-electron chi connectivity index (χ3n) is 4.15. The summed E-state index contributed by atoms with van der Waals surface area (Å²) < 4.78 is 7.26. The fourth-order valence-corrected chi connectivity index (χ4v) is 4.71. The fraction of sp³-hybridized carbons (Fsp3) is 0.0435. The minimum absolute atomic E-state index is 0.218. The highest BCUT2D eigenvalue weighted by atomic mass is 35.5. The number of hydrogen-bond donors (Lipinski definition) is 1. The minimum atomic E-state index is -0.494. The quantitative estimate of drug-likeness (QED) is 0.125. The van der Waals surface area contributed by atoms with E-state index in [1.165, 1.54) is 18.0 Å². The molecular weight excluding hydrogens is 466 g/mol. The van der Waals surface area contributed by atoms with Crippen molar-refractivity contribution in [1.29, 1.82) is 0 Å². The van der Waals surface area contributed by atoms with E-state index in [9.17, 15) is 9.59 Å². The monoisotopic (exact) mass is 481 g/mol. The number of benzene rings is 3. The summed E-state index contributed by atoms with van der Waals surface area (Å²) in [7, 11) is 0. The van der Waals surface area contributed by atoms with Crippen molar-refractivity contribution in [2.45, 2.75) is 4.34 Å². The number of hydrogen-bond acceptors (Lipinski definition) is 7. The summed E-state index contributed by atoms with van der Waals surface area (Å²) in [5.41, 5.74) is 4.54. The average molecular weight is 482 g/mol. The lowest BCUT2D eigenvalue weighted by Gasteiger charge is -2.05. The normalized spacial score (nSPS) is 11.0. The predicted molar refractivity (Wildman–Crippen MR) is 129 cm³/mol. The molecule has 32 heavy (non-hydrogen) atoms. The average Bonchev–Trinajstić information content (AvgIpc) is 3.22. The van der Waals surface area contributed by atoms with Crippen molar-refractivity contribution in [3.8, 4) is 5.75 Å². The molecule has 0 saturated heterocycles. The van der Waals surface area contributed by atoms with E-state index >= 15 is 0 Å². The number of thiazole rings is 1. The molecule has 0 aliphatic rings. The highest BCUT2D eigenvalue weighted by Crippen LogP contribution is 2.29. The zero-order valence-corrected chi connectivity index (χ0v) is 18.9. The van der Waals surface area contributed by atoms with Crippen LogP contribution in [0.25, 0.3) is 10.2 Å². The number of halogens is 1. The van der Waals surface area contributed by atoms with E-state index in [4.69, 9.17) is 16.3 Å². The van der Waals surface area contributed by atoms with Gasteiger partial charge in [0.25, 0.3) is 5.91 Å². The van der Waals surface area contributed by atoms with Gasteiger partial charge in [0.1, 0.15) is 5.75 Å². The molecule has 4 aromatic rings. The number of esters is 1. The third-order valence-corrected chi connectivity index (χ3v) is 6.57. The first kappa shape index (κ1) is 22.0. The summed E-state index contributed by atoms with van der Waals surface area (Å²) >= 11 is 8.82. The maximum atomic E-state index is 12.2. The van der Waals surface area contributed by atoms with Crippen LogP contribution in [0.2, 0.25) is 5.02 Å². The van der Waals surface area contributed by atoms with Gasteiger partial charge >= 0.3 is 5.97 Å². The van der Waals surface area contributed by atoms with Gasteiger partial charge < -0.3 is 4.74 Å². The SMILES string of the molecule is O=C(CSc1nc2ccccc2s1)N/N=C\c1ccc(OC(=O)c2cccc(Cl)c2)cc1. The Labute approximate surface area is 197 Å². The fourth-order valence-electron chi connectivity index (χ4n) is 2.65. The molecule has 0 saturated carbocycles. The Bertz CT molecular complexity index is 1260. The Morgan fingerprint density at radius 1 is 1.09 bits per heavy atom. The predicted octanol–water partition coefficient (Wildman–Crippen LogP) is 5.41. The van der Waals surface area contributed by atoms with E-state index in [1.807, 2.05) is 24.3 Å². The zero-order chi connectivity index (χ0) is 22.3. The molecule has 0 spiro atoms. The van der Waals surface area contributed by atoms with Gasteiger partial charge in [-0.15, -0.1) is 11.3 Å². The molecule has 9 heteroatoms. The molecule has 6 nitrogen and oxygen atoms in total. The lowest BCUT2D eigenvalue weighted by Crippen LogP contribution is -2.19. The number of amides is 1. The maximum Gasteiger partial charge on any atom is 0.343 e. The van der Waals surface area contributed by atoms with E-state index in [1.54, 1.807) is 59.9 Å². The molecule has 4 rings (SSSR count). The van der Waals surface area contributed by atoms with Crippen LogP contribution >= 0.6 is 34.7 Å². The number of nitrogens with zero attached hydrogens (tertiary/aromatic N) is 2. The molecule has 0 unspecified atom stereocenters. The summed E-state index contributed by atoms with van der Waals surface area (Å²) in [4.78, 5) is 28.7. The summed E-state index contributed by atoms with van der Waals surface area (Å²) in [6, 6.07) is 21.2. The first-order valence-corrected chi connectivity index (χ1v) is 11.6. The molecule has 0 atom stereocenters. The number of thioether (sulfide) groups is 1. The van der Waals surface area contributed by atoms with Gasteiger partial charge in [0.2, 0.25) is 0 Å². The Morgan fingerprint density at radius 3 is 2.69 bits per heavy atom. The molecule has 1 heterocycles. The molecule has 0 aliphatic heterocycles. The molecule has 3 aromatic carbocycles. The van der Waals surface area contributed by atoms with Crippen LogP contribution in [0.4, 0.5) is 0 Å². The number of hydrazone groups is 1. The Balaban J connectivity index is 1.25. The lowest BCUT2D eigenvalue weighted by molar-refractivity contribution is -0.118. The second-order valence-corrected chi connectivity index (χ2v) is 9.19. The van der Waals surface area contributed by atoms with Crippen molar-refractivity contribution >= 4 is 63.0 Å². The van der Waals surface area contributed by atoms with Crippen molar-refractivity contribution in [1.82, 2.24) is 10.4 Å². The number of ether oxygens (including phenoxy) is 1. The number of carbonyl (C=O) groups excluding carboxylic acids is 2. The molecule has 0 radical (unpaired) electrons. The summed E-state index contributed by atoms with van der Waals surface area (Å²) in [6.45, 7) is 0. The van der Waals surface area contributed by atoms with Crippen LogP contribution in [0, 0.1) is 0 Å². The molecule has 0 bridgehead atoms. The topological polar surface area (TPSA) is 80.7 Å². The van der Waals surface area contributed by atoms with Crippen molar-refractivity contribution < 1.29 is 14.3 Å². The van der Waals surface area contributed by atoms with Gasteiger partial charge in [-0.25, -0.2) is 15.2 Å². The molecule has 1 aromatic heterocycles. The first-order valence-electron chi connectivity index (χ1n) is 9.45. The first-order chi connectivity index (χ1) is 15.6. The number of para-hydroxylation sites is 1. The lowest BCUT2D eigenvalue weighted by atomic mass is 10.2. The van der Waals surface area contributed by atoms with E-state index in [2.05, 4.69) is 15.5 Å². The van der Waals surface area contributed by atoms with E-state index < -0.39 is 5.97 Å². The third kappa shape index (κ3) is 5.94. The summed E-state index contributed by atoms with van der Waals surface area (Å²) in [5, 5.41) is 4.43. The Kier molecular flexibility index (Phi) is 7.16. The van der Waals surface area contributed by atoms with Crippen LogP contribution in [-0.2, 0) is 4.79 Å². The van der Waals surface area contributed by atoms with Gasteiger partial charge in [-0.05, 0) is 60.2 Å². The van der Waals surface area contributed by atoms with E-state index in [-0.39, 0.29) is 11.7 Å². The number of rotatable bonds is 7. The van der Waals surface area contributed by atoms with Crippen LogP contribution < -0.4 is 10.2 Å². The smallest absolute Gasteiger partial charge is 0.343 e. The Hall–Kier alpha value is -3.20. The largest absolute Gasteiger partial charge is 0.423 e. The number of carbonyl (C=O) groups is 2. The van der Waals surface area contributed by atoms with Gasteiger partial charge in [-0.2, -0.15) is 5.10 Å². The van der Waals surface area contributed by atoms with Gasteiger partial charge in [-0.1, -0.05) is 41.6 Å². The van der Waals surface area contributed by atoms with Crippen molar-refractivity contribution in [2.75, 3.05) is 5.75 Å². The van der Waals surface area contributed by atoms with E-state index in [0.29, 0.717) is 16.3 Å². The van der Waals surface area contributed by atoms with Crippen molar-refractivity contribution in [3.63, 3.8) is 0 Å². The highest BCUT2D eigenvalue weighted by molar-refractivity contribution is 8.01. The molecule has 1 N–H and O–H groups in total. The standard InChI is InChI=1S/C23H16ClN3O3S2/c24-17-5-3-4-16(12-17)22(29)30-18-10-8-15(9-11-18)13-25-27-21(28)14-31-23-26-19-6-1-2-7-20(19)32-23/h1-13H,14H2,(H,27,28)/b25-13-. The zero-order valence-electron chi connectivity index (χ0n) is 16.5. The molecular formula is C23H16ClN3O3S2. The van der Waals surface area contributed by atoms with Gasteiger partial charge in [0.05, 0.1) is 27.7 Å². The second kappa shape index (κ2) is 10.4. The van der Waals surface area contributed by atoms with Crippen molar-refractivity contribution in [2.24, 2.45) is 5.10 Å². The number of nitrogens with one attached hydrogen (secondary N) is 1. The molecule has 1 amide bonds. The van der Waals surface area contributed by atoms with Gasteiger partial charge in [-0.3, -0.25) is 4.79 Å². The molecule has 0 aliphatic carbocycles. The Morgan fingerprint density at radius 2 is 1.91 bits per heavy atom. The van der Waals surface area contributed by atoms with Gasteiger partial charge in [0.15, 0.2) is 4.34 Å². The van der Waals surface area contributed by atoms with Crippen LogP contribution in [-0.4, -0.2) is 28.8 Å². The highest BCUT2D eigenvalue weighted by Gasteiger charge is 2.09. The summed E-state index contributed by atoms with van der Waals surface area (Å²) in [5.74, 6) is -0.108. The van der Waals surface area contributed by atoms with Crippen molar-refractivity contribution in [3.05, 3.63) is 88.9 Å². The van der Waals surface area contributed by atoms with Crippen LogP contribution in [0.5, 0.6) is 5.75 Å². The molecule has 0 fully saturated rings. The summed E-state index contributed by atoms with van der Waals surface area (Å²) in [6.07, 6.45) is 1.52. The van der Waals surface area contributed by atoms with Crippen LogP contribution in [0.1, 0.15) is 15.9 Å². The van der Waals surface area contributed by atoms with Crippen LogP contribution in [0.15, 0.2) is 82.2 Å². The molecule has 160 valence electrons. The second-order valence-electron chi connectivity index (χ2n) is 6.50. The minimum Gasteiger partial charge on any atom is -0.423 e. The number of aromatic nitrogens is 1. The van der Waals surface area contributed by atoms with Gasteiger partial charge in [0, 0.05) is 5.02 Å². The van der Waals surface area contributed by atoms with Crippen LogP contribution in [0.3, 0.4) is 0 Å².